The number of aryl methyl sites for hydroxylation is 2. The maximum atomic E-state index is 11.8. The van der Waals surface area contributed by atoms with Crippen LogP contribution in [0.5, 0.6) is 5.75 Å². The molecule has 24 heavy (non-hydrogen) atoms. The molecule has 2 aromatic carbocycles. The molecule has 122 valence electrons. The molecule has 5 nitrogen and oxygen atoms in total. The third kappa shape index (κ3) is 2.65. The normalized spacial score (nSPS) is 10.6. The molecule has 0 saturated heterocycles. The zero-order chi connectivity index (χ0) is 17.3. The average molecular weight is 322 g/mol. The highest BCUT2D eigenvalue weighted by Crippen LogP contribution is 2.32. The van der Waals surface area contributed by atoms with Crippen LogP contribution < -0.4 is 4.74 Å². The summed E-state index contributed by atoms with van der Waals surface area (Å²) in [4.78, 5) is 11.8. The first-order chi connectivity index (χ1) is 11.5. The second-order valence-electron chi connectivity index (χ2n) is 5.54. The number of hydrogen-bond donors (Lipinski definition) is 1. The summed E-state index contributed by atoms with van der Waals surface area (Å²) in [5, 5.41) is 14.2. The van der Waals surface area contributed by atoms with E-state index in [1.54, 1.807) is 18.7 Å². The third-order valence-corrected chi connectivity index (χ3v) is 3.96. The minimum Gasteiger partial charge on any atom is -0.497 e. The monoisotopic (exact) mass is 322 g/mol. The van der Waals surface area contributed by atoms with Gasteiger partial charge in [-0.05, 0) is 37.6 Å². The Morgan fingerprint density at radius 3 is 2.54 bits per heavy atom. The quantitative estimate of drug-likeness (QED) is 0.792. The average Bonchev–Trinajstić information content (AvgIpc) is 2.92. The van der Waals surface area contributed by atoms with E-state index in [0.717, 1.165) is 16.8 Å². The number of hydrogen-bond acceptors (Lipinski definition) is 3. The number of ether oxygens (including phenoxy) is 1. The fourth-order valence-corrected chi connectivity index (χ4v) is 2.80. The second kappa shape index (κ2) is 6.20. The van der Waals surface area contributed by atoms with Crippen LogP contribution in [0, 0.1) is 13.8 Å². The van der Waals surface area contributed by atoms with Gasteiger partial charge in [-0.25, -0.2) is 9.48 Å². The summed E-state index contributed by atoms with van der Waals surface area (Å²) in [7, 11) is 1.58. The van der Waals surface area contributed by atoms with Gasteiger partial charge in [-0.2, -0.15) is 5.10 Å². The lowest BCUT2D eigenvalue weighted by molar-refractivity contribution is 0.0697. The van der Waals surface area contributed by atoms with Crippen LogP contribution in [0.4, 0.5) is 0 Å². The first kappa shape index (κ1) is 15.8. The summed E-state index contributed by atoms with van der Waals surface area (Å²) in [6.07, 6.45) is 0. The van der Waals surface area contributed by atoms with Crippen molar-refractivity contribution in [1.29, 1.82) is 0 Å². The summed E-state index contributed by atoms with van der Waals surface area (Å²) in [5.41, 5.74) is 3.84. The number of rotatable bonds is 4. The van der Waals surface area contributed by atoms with Gasteiger partial charge in [-0.1, -0.05) is 30.3 Å². The van der Waals surface area contributed by atoms with Crippen LogP contribution in [0.3, 0.4) is 0 Å². The molecule has 0 aliphatic carbocycles. The van der Waals surface area contributed by atoms with Crippen molar-refractivity contribution in [1.82, 2.24) is 9.78 Å². The standard InChI is InChI=1S/C19H18N2O3/c1-12-7-4-5-10-16(12)21-18(17(19(22)23)13(2)20-21)14-8-6-9-15(11-14)24-3/h4-11H,1-3H3,(H,22,23). The summed E-state index contributed by atoms with van der Waals surface area (Å²) >= 11 is 0. The number of benzene rings is 2. The van der Waals surface area contributed by atoms with Crippen molar-refractivity contribution in [3.05, 3.63) is 65.4 Å². The predicted octanol–water partition coefficient (Wildman–Crippen LogP) is 3.86. The Hall–Kier alpha value is -3.08. The zero-order valence-electron chi connectivity index (χ0n) is 13.8. The highest BCUT2D eigenvalue weighted by molar-refractivity contribution is 5.96. The molecule has 0 spiro atoms. The van der Waals surface area contributed by atoms with E-state index in [0.29, 0.717) is 17.1 Å². The van der Waals surface area contributed by atoms with Gasteiger partial charge in [-0.15, -0.1) is 0 Å². The van der Waals surface area contributed by atoms with Crippen molar-refractivity contribution >= 4 is 5.97 Å². The Morgan fingerprint density at radius 2 is 1.88 bits per heavy atom. The van der Waals surface area contributed by atoms with Crippen molar-refractivity contribution in [3.8, 4) is 22.7 Å². The molecule has 0 amide bonds. The van der Waals surface area contributed by atoms with Crippen molar-refractivity contribution in [3.63, 3.8) is 0 Å². The van der Waals surface area contributed by atoms with Crippen LogP contribution in [0.2, 0.25) is 0 Å². The highest BCUT2D eigenvalue weighted by Gasteiger charge is 2.24. The molecular formula is C19H18N2O3. The molecule has 0 radical (unpaired) electrons. The smallest absolute Gasteiger partial charge is 0.339 e. The van der Waals surface area contributed by atoms with Gasteiger partial charge in [0.1, 0.15) is 11.3 Å². The predicted molar refractivity (Wildman–Crippen MR) is 92.0 cm³/mol. The van der Waals surface area contributed by atoms with Gasteiger partial charge in [0.2, 0.25) is 0 Å². The Labute approximate surface area is 140 Å². The lowest BCUT2D eigenvalue weighted by atomic mass is 10.0. The second-order valence-corrected chi connectivity index (χ2v) is 5.54. The van der Waals surface area contributed by atoms with Crippen molar-refractivity contribution in [2.75, 3.05) is 7.11 Å². The van der Waals surface area contributed by atoms with Crippen molar-refractivity contribution < 1.29 is 14.6 Å². The molecule has 0 aliphatic heterocycles. The van der Waals surface area contributed by atoms with E-state index in [2.05, 4.69) is 5.10 Å². The minimum atomic E-state index is -0.995. The molecule has 1 aromatic heterocycles. The largest absolute Gasteiger partial charge is 0.497 e. The number of nitrogens with zero attached hydrogens (tertiary/aromatic N) is 2. The lowest BCUT2D eigenvalue weighted by Gasteiger charge is -2.12. The first-order valence-electron chi connectivity index (χ1n) is 7.56. The number of carboxylic acid groups (broad SMARTS) is 1. The number of carbonyl (C=O) groups is 1. The van der Waals surface area contributed by atoms with E-state index >= 15 is 0 Å². The molecule has 5 heteroatoms. The van der Waals surface area contributed by atoms with Crippen LogP contribution >= 0.6 is 0 Å². The Kier molecular flexibility index (Phi) is 4.08. The number of methoxy groups -OCH3 is 1. The van der Waals surface area contributed by atoms with Gasteiger partial charge < -0.3 is 9.84 Å². The van der Waals surface area contributed by atoms with Crippen LogP contribution in [0.15, 0.2) is 48.5 Å². The first-order valence-corrected chi connectivity index (χ1v) is 7.56. The fraction of sp³-hybridized carbons (Fsp3) is 0.158. The fourth-order valence-electron chi connectivity index (χ4n) is 2.80. The van der Waals surface area contributed by atoms with Crippen LogP contribution in [-0.2, 0) is 0 Å². The maximum Gasteiger partial charge on any atom is 0.339 e. The lowest BCUT2D eigenvalue weighted by Crippen LogP contribution is -2.04. The van der Waals surface area contributed by atoms with Crippen molar-refractivity contribution in [2.24, 2.45) is 0 Å². The Bertz CT molecular complexity index is 913. The highest BCUT2D eigenvalue weighted by atomic mass is 16.5. The zero-order valence-corrected chi connectivity index (χ0v) is 13.8. The van der Waals surface area contributed by atoms with E-state index in [4.69, 9.17) is 4.74 Å². The third-order valence-electron chi connectivity index (χ3n) is 3.96. The van der Waals surface area contributed by atoms with Crippen LogP contribution in [0.1, 0.15) is 21.6 Å². The molecular weight excluding hydrogens is 304 g/mol. The van der Waals surface area contributed by atoms with E-state index in [1.807, 2.05) is 55.5 Å². The van der Waals surface area contributed by atoms with Crippen LogP contribution in [0.25, 0.3) is 16.9 Å². The summed E-state index contributed by atoms with van der Waals surface area (Å²) < 4.78 is 6.97. The molecule has 0 atom stereocenters. The van der Waals surface area contributed by atoms with Crippen molar-refractivity contribution in [2.45, 2.75) is 13.8 Å². The summed E-state index contributed by atoms with van der Waals surface area (Å²) in [5.74, 6) is -0.329. The van der Waals surface area contributed by atoms with E-state index in [-0.39, 0.29) is 5.56 Å². The maximum absolute atomic E-state index is 11.8. The molecule has 1 heterocycles. The van der Waals surface area contributed by atoms with E-state index in [1.165, 1.54) is 0 Å². The van der Waals surface area contributed by atoms with Gasteiger partial charge in [0.25, 0.3) is 0 Å². The molecule has 0 aliphatic rings. The Balaban J connectivity index is 2.34. The van der Waals surface area contributed by atoms with Gasteiger partial charge in [0.05, 0.1) is 24.2 Å². The summed E-state index contributed by atoms with van der Waals surface area (Å²) in [6.45, 7) is 3.68. The van der Waals surface area contributed by atoms with Gasteiger partial charge in [0.15, 0.2) is 0 Å². The van der Waals surface area contributed by atoms with Crippen LogP contribution in [-0.4, -0.2) is 28.0 Å². The number of carboxylic acids is 1. The van der Waals surface area contributed by atoms with Gasteiger partial charge >= 0.3 is 5.97 Å². The molecule has 0 bridgehead atoms. The van der Waals surface area contributed by atoms with E-state index < -0.39 is 5.97 Å². The molecule has 0 unspecified atom stereocenters. The number of aromatic nitrogens is 2. The van der Waals surface area contributed by atoms with E-state index in [9.17, 15) is 9.90 Å². The molecule has 3 rings (SSSR count). The summed E-state index contributed by atoms with van der Waals surface area (Å²) in [6, 6.07) is 15.1. The number of aromatic carboxylic acids is 1. The SMILES string of the molecule is COc1cccc(-c2c(C(=O)O)c(C)nn2-c2ccccc2C)c1. The number of para-hydroxylation sites is 1. The van der Waals surface area contributed by atoms with Gasteiger partial charge in [0, 0.05) is 5.56 Å². The molecule has 3 aromatic rings. The molecule has 0 fully saturated rings. The topological polar surface area (TPSA) is 64.3 Å². The Morgan fingerprint density at radius 1 is 1.12 bits per heavy atom. The molecule has 1 N–H and O–H groups in total. The van der Waals surface area contributed by atoms with Gasteiger partial charge in [-0.3, -0.25) is 0 Å². The molecule has 0 saturated carbocycles. The minimum absolute atomic E-state index is 0.200.